The Morgan fingerprint density at radius 2 is 1.59 bits per heavy atom. The molecule has 1 aliphatic heterocycles. The van der Waals surface area contributed by atoms with Gasteiger partial charge in [-0.15, -0.1) is 0 Å². The van der Waals surface area contributed by atoms with E-state index in [9.17, 15) is 4.79 Å². The standard InChI is InChI=1S/C25H37N3O/c1-18(7-8-27-9-11-28(12-10-27)23-5-3-2-4-6-23)26-25(29)24-21-14-19-13-20(16-21)17-22(24)15-19/h2-6,18-22,24H,7-17H2,1H3,(H,26,29)/t18-,19?,20?,21?,22?,24?/m0/s1. The van der Waals surface area contributed by atoms with Crippen molar-refractivity contribution in [3.8, 4) is 0 Å². The minimum atomic E-state index is 0.284. The van der Waals surface area contributed by atoms with Crippen LogP contribution in [-0.2, 0) is 4.79 Å². The fraction of sp³-hybridized carbons (Fsp3) is 0.720. The molecular formula is C25H37N3O. The van der Waals surface area contributed by atoms with Crippen LogP contribution >= 0.6 is 0 Å². The first-order valence-electron chi connectivity index (χ1n) is 12.0. The quantitative estimate of drug-likeness (QED) is 0.796. The van der Waals surface area contributed by atoms with Crippen molar-refractivity contribution < 1.29 is 4.79 Å². The highest BCUT2D eigenvalue weighted by Crippen LogP contribution is 2.56. The number of nitrogens with zero attached hydrogens (tertiary/aromatic N) is 2. The van der Waals surface area contributed by atoms with Gasteiger partial charge in [-0.25, -0.2) is 0 Å². The topological polar surface area (TPSA) is 35.6 Å². The number of rotatable bonds is 6. The first kappa shape index (κ1) is 19.4. The molecule has 1 aromatic carbocycles. The van der Waals surface area contributed by atoms with Crippen molar-refractivity contribution in [2.24, 2.45) is 29.6 Å². The summed E-state index contributed by atoms with van der Waals surface area (Å²) in [5.74, 6) is 3.94. The molecule has 4 heteroatoms. The normalized spacial score (nSPS) is 34.9. The number of carbonyl (C=O) groups is 1. The van der Waals surface area contributed by atoms with Gasteiger partial charge >= 0.3 is 0 Å². The molecule has 4 aliphatic carbocycles. The summed E-state index contributed by atoms with van der Waals surface area (Å²) in [4.78, 5) is 18.1. The average Bonchev–Trinajstić information content (AvgIpc) is 2.72. The van der Waals surface area contributed by atoms with E-state index in [1.54, 1.807) is 0 Å². The van der Waals surface area contributed by atoms with Gasteiger partial charge in [0.05, 0.1) is 0 Å². The molecule has 0 unspecified atom stereocenters. The second-order valence-electron chi connectivity index (χ2n) is 10.3. The van der Waals surface area contributed by atoms with Gasteiger partial charge in [0.2, 0.25) is 5.91 Å². The minimum Gasteiger partial charge on any atom is -0.369 e. The molecule has 29 heavy (non-hydrogen) atoms. The highest BCUT2D eigenvalue weighted by molar-refractivity contribution is 5.80. The lowest BCUT2D eigenvalue weighted by Gasteiger charge is -2.53. The minimum absolute atomic E-state index is 0.284. The molecule has 1 amide bonds. The molecule has 4 bridgehead atoms. The van der Waals surface area contributed by atoms with E-state index in [4.69, 9.17) is 0 Å². The van der Waals surface area contributed by atoms with Crippen molar-refractivity contribution in [3.05, 3.63) is 30.3 Å². The summed E-state index contributed by atoms with van der Waals surface area (Å²) in [5, 5.41) is 3.41. The predicted molar refractivity (Wildman–Crippen MR) is 118 cm³/mol. The Hall–Kier alpha value is -1.55. The zero-order valence-electron chi connectivity index (χ0n) is 17.9. The fourth-order valence-electron chi connectivity index (χ4n) is 7.01. The smallest absolute Gasteiger partial charge is 0.223 e. The molecule has 1 aromatic rings. The highest BCUT2D eigenvalue weighted by atomic mass is 16.2. The maximum atomic E-state index is 13.1. The van der Waals surface area contributed by atoms with E-state index in [0.717, 1.165) is 51.0 Å². The van der Waals surface area contributed by atoms with Gasteiger partial charge in [-0.2, -0.15) is 0 Å². The van der Waals surface area contributed by atoms with E-state index in [1.807, 2.05) is 0 Å². The lowest BCUT2D eigenvalue weighted by atomic mass is 9.51. The van der Waals surface area contributed by atoms with Crippen LogP contribution in [0.3, 0.4) is 0 Å². The first-order valence-corrected chi connectivity index (χ1v) is 12.0. The zero-order valence-corrected chi connectivity index (χ0v) is 17.9. The van der Waals surface area contributed by atoms with Crippen LogP contribution in [0.1, 0.15) is 45.4 Å². The van der Waals surface area contributed by atoms with E-state index < -0.39 is 0 Å². The van der Waals surface area contributed by atoms with Crippen molar-refractivity contribution in [3.63, 3.8) is 0 Å². The molecule has 1 N–H and O–H groups in total. The van der Waals surface area contributed by atoms with Gasteiger partial charge < -0.3 is 10.2 Å². The van der Waals surface area contributed by atoms with E-state index in [0.29, 0.717) is 23.7 Å². The van der Waals surface area contributed by atoms with E-state index >= 15 is 0 Å². The number of nitrogens with one attached hydrogen (secondary N) is 1. The van der Waals surface area contributed by atoms with Crippen molar-refractivity contribution in [1.82, 2.24) is 10.2 Å². The van der Waals surface area contributed by atoms with Crippen molar-refractivity contribution in [2.75, 3.05) is 37.6 Å². The van der Waals surface area contributed by atoms with Crippen LogP contribution in [0.5, 0.6) is 0 Å². The Morgan fingerprint density at radius 1 is 0.966 bits per heavy atom. The Kier molecular flexibility index (Phi) is 5.55. The second kappa shape index (κ2) is 8.29. The molecule has 158 valence electrons. The Labute approximate surface area is 176 Å². The summed E-state index contributed by atoms with van der Waals surface area (Å²) in [6.45, 7) is 7.72. The molecule has 0 spiro atoms. The van der Waals surface area contributed by atoms with E-state index in [2.05, 4.69) is 52.4 Å². The lowest BCUT2D eigenvalue weighted by molar-refractivity contribution is -0.138. The summed E-state index contributed by atoms with van der Waals surface area (Å²) < 4.78 is 0. The Bertz CT molecular complexity index is 669. The average molecular weight is 396 g/mol. The molecule has 1 atom stereocenters. The van der Waals surface area contributed by atoms with Gasteiger partial charge in [-0.3, -0.25) is 9.69 Å². The highest BCUT2D eigenvalue weighted by Gasteiger charge is 2.50. The van der Waals surface area contributed by atoms with Crippen molar-refractivity contribution in [1.29, 1.82) is 0 Å². The third-order valence-electron chi connectivity index (χ3n) is 8.29. The van der Waals surface area contributed by atoms with E-state index in [1.165, 1.54) is 37.8 Å². The summed E-state index contributed by atoms with van der Waals surface area (Å²) >= 11 is 0. The van der Waals surface area contributed by atoms with Gasteiger partial charge in [0.15, 0.2) is 0 Å². The lowest BCUT2D eigenvalue weighted by Crippen LogP contribution is -2.52. The number of hydrogen-bond acceptors (Lipinski definition) is 3. The number of hydrogen-bond donors (Lipinski definition) is 1. The molecule has 4 saturated carbocycles. The number of anilines is 1. The molecule has 4 nitrogen and oxygen atoms in total. The van der Waals surface area contributed by atoms with E-state index in [-0.39, 0.29) is 6.04 Å². The third kappa shape index (κ3) is 4.19. The van der Waals surface area contributed by atoms with Gasteiger partial charge in [-0.05, 0) is 81.3 Å². The molecule has 6 rings (SSSR count). The SMILES string of the molecule is C[C@@H](CCN1CCN(c2ccccc2)CC1)NC(=O)C1C2CC3CC(C2)CC1C3. The van der Waals surface area contributed by atoms with Crippen LogP contribution < -0.4 is 10.2 Å². The van der Waals surface area contributed by atoms with Gasteiger partial charge in [0.1, 0.15) is 0 Å². The van der Waals surface area contributed by atoms with Gasteiger partial charge in [0, 0.05) is 50.4 Å². The van der Waals surface area contributed by atoms with Crippen LogP contribution in [0.4, 0.5) is 5.69 Å². The maximum Gasteiger partial charge on any atom is 0.223 e. The van der Waals surface area contributed by atoms with Crippen LogP contribution in [-0.4, -0.2) is 49.6 Å². The molecule has 1 heterocycles. The van der Waals surface area contributed by atoms with Crippen LogP contribution in [0.25, 0.3) is 0 Å². The Balaban J connectivity index is 1.06. The number of para-hydroxylation sites is 1. The maximum absolute atomic E-state index is 13.1. The number of carbonyl (C=O) groups excluding carboxylic acids is 1. The molecule has 5 fully saturated rings. The zero-order chi connectivity index (χ0) is 19.8. The van der Waals surface area contributed by atoms with Crippen LogP contribution in [0.2, 0.25) is 0 Å². The fourth-order valence-corrected chi connectivity index (χ4v) is 7.01. The first-order chi connectivity index (χ1) is 14.2. The Morgan fingerprint density at radius 3 is 2.21 bits per heavy atom. The third-order valence-corrected chi connectivity index (χ3v) is 8.29. The molecular weight excluding hydrogens is 358 g/mol. The van der Waals surface area contributed by atoms with Crippen molar-refractivity contribution >= 4 is 11.6 Å². The van der Waals surface area contributed by atoms with Gasteiger partial charge in [-0.1, -0.05) is 18.2 Å². The summed E-state index contributed by atoms with van der Waals surface area (Å²) in [5.41, 5.74) is 1.34. The number of amides is 1. The molecule has 0 aromatic heterocycles. The van der Waals surface area contributed by atoms with Crippen molar-refractivity contribution in [2.45, 2.75) is 51.5 Å². The van der Waals surface area contributed by atoms with Crippen LogP contribution in [0, 0.1) is 29.6 Å². The molecule has 0 radical (unpaired) electrons. The summed E-state index contributed by atoms with van der Waals surface area (Å²) in [6.07, 6.45) is 7.81. The van der Waals surface area contributed by atoms with Gasteiger partial charge in [0.25, 0.3) is 0 Å². The van der Waals surface area contributed by atoms with Crippen LogP contribution in [0.15, 0.2) is 30.3 Å². The summed E-state index contributed by atoms with van der Waals surface area (Å²) in [7, 11) is 0. The molecule has 5 aliphatic rings. The second-order valence-corrected chi connectivity index (χ2v) is 10.3. The number of benzene rings is 1. The summed E-state index contributed by atoms with van der Waals surface area (Å²) in [6, 6.07) is 11.0. The molecule has 1 saturated heterocycles. The monoisotopic (exact) mass is 395 g/mol. The largest absolute Gasteiger partial charge is 0.369 e. The number of piperazine rings is 1. The predicted octanol–water partition coefficient (Wildman–Crippen LogP) is 3.78.